The van der Waals surface area contributed by atoms with Gasteiger partial charge in [0, 0.05) is 0 Å². The number of fused-ring (bicyclic) bond motifs is 1. The summed E-state index contributed by atoms with van der Waals surface area (Å²) in [6, 6.07) is 7.59. The monoisotopic (exact) mass is 280 g/mol. The second-order valence-corrected chi connectivity index (χ2v) is 4.69. The molecular weight excluding hydrogens is 264 g/mol. The van der Waals surface area contributed by atoms with E-state index < -0.39 is 24.5 Å². The molecule has 3 N–H and O–H groups in total. The minimum Gasteiger partial charge on any atom is -0.468 e. The lowest BCUT2D eigenvalue weighted by Gasteiger charge is -2.18. The molecule has 1 saturated heterocycles. The summed E-state index contributed by atoms with van der Waals surface area (Å²) in [6.45, 7) is -0.371. The fraction of sp³-hybridized carbons (Fsp3) is 0.462. The number of methoxy groups -OCH3 is 1. The molecule has 1 aromatic carbocycles. The van der Waals surface area contributed by atoms with E-state index in [4.69, 9.17) is 14.6 Å². The molecule has 3 rings (SSSR count). The maximum Gasteiger partial charge on any atom is 0.299 e. The Kier molecular flexibility index (Phi) is 3.35. The van der Waals surface area contributed by atoms with Gasteiger partial charge in [-0.15, -0.1) is 0 Å². The Bertz CT molecular complexity index is 614. The van der Waals surface area contributed by atoms with Gasteiger partial charge in [-0.25, -0.2) is 0 Å². The van der Waals surface area contributed by atoms with Crippen LogP contribution in [-0.4, -0.2) is 56.9 Å². The molecule has 1 fully saturated rings. The van der Waals surface area contributed by atoms with Crippen LogP contribution in [0.25, 0.3) is 11.0 Å². The summed E-state index contributed by atoms with van der Waals surface area (Å²) in [4.78, 5) is 4.29. The molecule has 0 amide bonds. The Morgan fingerprint density at radius 1 is 1.30 bits per heavy atom. The highest BCUT2D eigenvalue weighted by Crippen LogP contribution is 2.35. The van der Waals surface area contributed by atoms with Crippen LogP contribution in [0, 0.1) is 0 Å². The number of aliphatic hydroxyl groups excluding tert-OH is 3. The second-order valence-electron chi connectivity index (χ2n) is 4.69. The van der Waals surface area contributed by atoms with Gasteiger partial charge in [0.15, 0.2) is 6.23 Å². The average Bonchev–Trinajstić information content (AvgIpc) is 2.98. The summed E-state index contributed by atoms with van der Waals surface area (Å²) in [6.07, 6.45) is -4.01. The Hall–Kier alpha value is -1.67. The largest absolute Gasteiger partial charge is 0.468 e. The van der Waals surface area contributed by atoms with Crippen LogP contribution in [-0.2, 0) is 4.74 Å². The molecule has 0 aliphatic carbocycles. The zero-order chi connectivity index (χ0) is 14.3. The van der Waals surface area contributed by atoms with Gasteiger partial charge in [-0.3, -0.25) is 4.57 Å². The maximum absolute atomic E-state index is 10.1. The second kappa shape index (κ2) is 5.02. The molecule has 108 valence electrons. The third-order valence-corrected chi connectivity index (χ3v) is 3.52. The van der Waals surface area contributed by atoms with Crippen molar-refractivity contribution in [3.05, 3.63) is 24.3 Å². The van der Waals surface area contributed by atoms with E-state index in [9.17, 15) is 10.2 Å². The van der Waals surface area contributed by atoms with E-state index in [0.717, 1.165) is 5.52 Å². The summed E-state index contributed by atoms with van der Waals surface area (Å²) in [5, 5.41) is 29.1. The number of para-hydroxylation sites is 2. The Labute approximate surface area is 115 Å². The number of nitrogens with zero attached hydrogens (tertiary/aromatic N) is 2. The normalized spacial score (nSPS) is 30.0. The molecule has 2 aromatic rings. The topological polar surface area (TPSA) is 97.0 Å². The van der Waals surface area contributed by atoms with Gasteiger partial charge in [0.1, 0.15) is 18.3 Å². The first-order valence-corrected chi connectivity index (χ1v) is 6.30. The van der Waals surface area contributed by atoms with Gasteiger partial charge in [-0.1, -0.05) is 12.1 Å². The van der Waals surface area contributed by atoms with E-state index in [0.29, 0.717) is 5.52 Å². The molecule has 1 aliphatic rings. The fourth-order valence-corrected chi connectivity index (χ4v) is 2.51. The van der Waals surface area contributed by atoms with Crippen molar-refractivity contribution < 1.29 is 24.8 Å². The molecule has 7 nitrogen and oxygen atoms in total. The van der Waals surface area contributed by atoms with E-state index in [1.54, 1.807) is 4.57 Å². The summed E-state index contributed by atoms with van der Waals surface area (Å²) in [5.41, 5.74) is 1.42. The van der Waals surface area contributed by atoms with Gasteiger partial charge in [0.25, 0.3) is 6.01 Å². The van der Waals surface area contributed by atoms with Gasteiger partial charge < -0.3 is 24.8 Å². The van der Waals surface area contributed by atoms with Crippen LogP contribution < -0.4 is 4.74 Å². The lowest BCUT2D eigenvalue weighted by Crippen LogP contribution is -2.33. The third kappa shape index (κ3) is 1.87. The van der Waals surface area contributed by atoms with Crippen molar-refractivity contribution in [2.75, 3.05) is 13.7 Å². The number of hydrogen-bond donors (Lipinski definition) is 3. The molecule has 0 saturated carbocycles. The molecule has 1 aromatic heterocycles. The highest BCUT2D eigenvalue weighted by atomic mass is 16.6. The van der Waals surface area contributed by atoms with Crippen LogP contribution in [0.2, 0.25) is 0 Å². The minimum absolute atomic E-state index is 0.279. The van der Waals surface area contributed by atoms with Crippen LogP contribution in [0.15, 0.2) is 24.3 Å². The van der Waals surface area contributed by atoms with Crippen LogP contribution in [0.5, 0.6) is 6.01 Å². The zero-order valence-corrected chi connectivity index (χ0v) is 10.9. The molecule has 20 heavy (non-hydrogen) atoms. The third-order valence-electron chi connectivity index (χ3n) is 3.52. The van der Waals surface area contributed by atoms with Crippen LogP contribution in [0.1, 0.15) is 6.23 Å². The predicted octanol–water partition coefficient (Wildman–Crippen LogP) is -0.344. The number of imidazole rings is 1. The number of aromatic nitrogens is 2. The van der Waals surface area contributed by atoms with E-state index in [2.05, 4.69) is 4.98 Å². The molecule has 4 atom stereocenters. The first-order valence-electron chi connectivity index (χ1n) is 6.30. The van der Waals surface area contributed by atoms with Crippen molar-refractivity contribution in [1.82, 2.24) is 9.55 Å². The van der Waals surface area contributed by atoms with Gasteiger partial charge in [0.2, 0.25) is 0 Å². The number of rotatable bonds is 3. The predicted molar refractivity (Wildman–Crippen MR) is 69.3 cm³/mol. The molecule has 0 bridgehead atoms. The molecular formula is C13H16N2O5. The SMILES string of the molecule is COc1nc2ccccc2n1[C@H]1O[C@@H](CO)[C@@H](O)[C@H]1O. The molecule has 1 aliphatic heterocycles. The van der Waals surface area contributed by atoms with Crippen LogP contribution in [0.3, 0.4) is 0 Å². The molecule has 0 spiro atoms. The zero-order valence-electron chi connectivity index (χ0n) is 10.9. The van der Waals surface area contributed by atoms with Crippen molar-refractivity contribution in [2.24, 2.45) is 0 Å². The Morgan fingerprint density at radius 3 is 2.70 bits per heavy atom. The van der Waals surface area contributed by atoms with E-state index >= 15 is 0 Å². The number of ether oxygens (including phenoxy) is 2. The lowest BCUT2D eigenvalue weighted by atomic mass is 10.1. The van der Waals surface area contributed by atoms with Crippen LogP contribution in [0.4, 0.5) is 0 Å². The van der Waals surface area contributed by atoms with Gasteiger partial charge in [-0.05, 0) is 12.1 Å². The van der Waals surface area contributed by atoms with Crippen molar-refractivity contribution in [1.29, 1.82) is 0 Å². The molecule has 0 unspecified atom stereocenters. The van der Waals surface area contributed by atoms with Gasteiger partial charge in [0.05, 0.1) is 24.8 Å². The van der Waals surface area contributed by atoms with E-state index in [1.807, 2.05) is 24.3 Å². The minimum atomic E-state index is -1.17. The summed E-state index contributed by atoms with van der Waals surface area (Å²) >= 11 is 0. The van der Waals surface area contributed by atoms with Crippen LogP contribution >= 0.6 is 0 Å². The van der Waals surface area contributed by atoms with E-state index in [-0.39, 0.29) is 12.6 Å². The van der Waals surface area contributed by atoms with Crippen molar-refractivity contribution in [2.45, 2.75) is 24.5 Å². The number of aliphatic hydroxyl groups is 3. The molecule has 7 heteroatoms. The Morgan fingerprint density at radius 2 is 2.05 bits per heavy atom. The summed E-state index contributed by atoms with van der Waals surface area (Å²) in [5.74, 6) is 0. The summed E-state index contributed by atoms with van der Waals surface area (Å²) in [7, 11) is 1.47. The average molecular weight is 280 g/mol. The van der Waals surface area contributed by atoms with Gasteiger partial charge >= 0.3 is 0 Å². The first kappa shape index (κ1) is 13.3. The molecule has 0 radical (unpaired) electrons. The quantitative estimate of drug-likeness (QED) is 0.711. The number of benzene rings is 1. The standard InChI is InChI=1S/C13H16N2O5/c1-19-13-14-7-4-2-3-5-8(7)15(13)12-11(18)10(17)9(6-16)20-12/h2-5,9-12,16-18H,6H2,1H3/t9-,10+,11+,12-/m0/s1. The van der Waals surface area contributed by atoms with Crippen molar-refractivity contribution >= 4 is 11.0 Å². The highest BCUT2D eigenvalue weighted by Gasteiger charge is 2.44. The van der Waals surface area contributed by atoms with Gasteiger partial charge in [-0.2, -0.15) is 4.98 Å². The maximum atomic E-state index is 10.1. The number of hydrogen-bond acceptors (Lipinski definition) is 6. The lowest BCUT2D eigenvalue weighted by molar-refractivity contribution is -0.0535. The van der Waals surface area contributed by atoms with Crippen molar-refractivity contribution in [3.8, 4) is 6.01 Å². The van der Waals surface area contributed by atoms with E-state index in [1.165, 1.54) is 7.11 Å². The fourth-order valence-electron chi connectivity index (χ4n) is 2.51. The van der Waals surface area contributed by atoms with Crippen molar-refractivity contribution in [3.63, 3.8) is 0 Å². The highest BCUT2D eigenvalue weighted by molar-refractivity contribution is 5.76. The molecule has 2 heterocycles. The first-order chi connectivity index (χ1) is 9.67. The Balaban J connectivity index is 2.10. The smallest absolute Gasteiger partial charge is 0.299 e. The summed E-state index contributed by atoms with van der Waals surface area (Å²) < 4.78 is 12.3.